The van der Waals surface area contributed by atoms with Crippen LogP contribution in [0.4, 0.5) is 10.2 Å². The van der Waals surface area contributed by atoms with E-state index in [1.54, 1.807) is 0 Å². The van der Waals surface area contributed by atoms with Gasteiger partial charge < -0.3 is 14.4 Å². The highest BCUT2D eigenvalue weighted by Gasteiger charge is 2.13. The van der Waals surface area contributed by atoms with E-state index in [1.807, 2.05) is 43.4 Å². The van der Waals surface area contributed by atoms with Gasteiger partial charge in [0.25, 0.3) is 0 Å². The second-order valence-corrected chi connectivity index (χ2v) is 6.93. The third kappa shape index (κ3) is 4.11. The molecule has 2 heterocycles. The zero-order valence-electron chi connectivity index (χ0n) is 15.8. The van der Waals surface area contributed by atoms with Crippen LogP contribution in [0, 0.1) is 5.82 Å². The van der Waals surface area contributed by atoms with Crippen LogP contribution in [0.1, 0.15) is 0 Å². The fourth-order valence-electron chi connectivity index (χ4n) is 2.87. The smallest absolute Gasteiger partial charge is 0.128 e. The average Bonchev–Trinajstić information content (AvgIpc) is 3.05. The van der Waals surface area contributed by atoms with Crippen LogP contribution in [0.3, 0.4) is 0 Å². The third-order valence-corrected chi connectivity index (χ3v) is 4.36. The maximum atomic E-state index is 13.4. The Morgan fingerprint density at radius 2 is 1.58 bits per heavy atom. The highest BCUT2D eigenvalue weighted by molar-refractivity contribution is 5.84. The van der Waals surface area contributed by atoms with Crippen LogP contribution in [-0.2, 0) is 6.54 Å². The molecule has 0 aliphatic carbocycles. The van der Waals surface area contributed by atoms with Gasteiger partial charge in [-0.2, -0.15) is 0 Å². The molecule has 0 saturated heterocycles. The molecule has 0 N–H and O–H groups in total. The maximum Gasteiger partial charge on any atom is 0.128 e. The Morgan fingerprint density at radius 1 is 0.923 bits per heavy atom. The van der Waals surface area contributed by atoms with E-state index in [1.165, 1.54) is 12.1 Å². The first-order chi connectivity index (χ1) is 12.4. The van der Waals surface area contributed by atoms with Gasteiger partial charge in [-0.05, 0) is 49.5 Å². The van der Waals surface area contributed by atoms with E-state index in [2.05, 4.69) is 47.0 Å². The van der Waals surface area contributed by atoms with Crippen molar-refractivity contribution in [1.29, 1.82) is 0 Å². The molecule has 0 amide bonds. The van der Waals surface area contributed by atoms with Gasteiger partial charge in [-0.1, -0.05) is 12.1 Å². The van der Waals surface area contributed by atoms with Crippen molar-refractivity contribution >= 4 is 5.82 Å². The molecule has 0 saturated carbocycles. The molecule has 2 aromatic heterocycles. The van der Waals surface area contributed by atoms with Gasteiger partial charge in [-0.15, -0.1) is 0 Å². The molecule has 0 bridgehead atoms. The molecule has 0 unspecified atom stereocenters. The molecule has 0 aliphatic rings. The van der Waals surface area contributed by atoms with Gasteiger partial charge in [0.2, 0.25) is 0 Å². The number of hydrogen-bond donors (Lipinski definition) is 0. The number of likely N-dealkylation sites (N-methyl/N-ethyl adjacent to an activating group) is 1. The van der Waals surface area contributed by atoms with E-state index in [-0.39, 0.29) is 5.82 Å². The minimum absolute atomic E-state index is 0.221. The van der Waals surface area contributed by atoms with Gasteiger partial charge in [0.15, 0.2) is 0 Å². The van der Waals surface area contributed by atoms with Crippen molar-refractivity contribution < 1.29 is 4.39 Å². The second kappa shape index (κ2) is 7.70. The summed E-state index contributed by atoms with van der Waals surface area (Å²) in [6, 6.07) is 10.8. The Balaban J connectivity index is 2.06. The van der Waals surface area contributed by atoms with E-state index in [0.717, 1.165) is 41.2 Å². The number of pyridine rings is 1. The van der Waals surface area contributed by atoms with Crippen LogP contribution in [0.25, 0.3) is 22.3 Å². The summed E-state index contributed by atoms with van der Waals surface area (Å²) in [4.78, 5) is 8.56. The maximum absolute atomic E-state index is 13.4. The van der Waals surface area contributed by atoms with Crippen molar-refractivity contribution in [2.75, 3.05) is 39.6 Å². The molecule has 1 aromatic carbocycles. The number of hydrogen-bond acceptors (Lipinski definition) is 3. The van der Waals surface area contributed by atoms with Gasteiger partial charge in [-0.25, -0.2) is 9.37 Å². The largest absolute Gasteiger partial charge is 0.363 e. The van der Waals surface area contributed by atoms with Gasteiger partial charge in [0.1, 0.15) is 11.6 Å². The normalized spacial score (nSPS) is 11.2. The molecular weight excluding hydrogens is 327 g/mol. The molecule has 0 spiro atoms. The summed E-state index contributed by atoms with van der Waals surface area (Å²) in [7, 11) is 8.10. The highest BCUT2D eigenvalue weighted by Crippen LogP contribution is 2.34. The molecule has 0 atom stereocenters. The molecule has 4 nitrogen and oxygen atoms in total. The fourth-order valence-corrected chi connectivity index (χ4v) is 2.87. The summed E-state index contributed by atoms with van der Waals surface area (Å²) >= 11 is 0. The van der Waals surface area contributed by atoms with Crippen LogP contribution in [0.5, 0.6) is 0 Å². The minimum atomic E-state index is -0.221. The number of benzene rings is 1. The lowest BCUT2D eigenvalue weighted by Crippen LogP contribution is -2.17. The summed E-state index contributed by atoms with van der Waals surface area (Å²) in [6.07, 6.45) is 6.13. The van der Waals surface area contributed by atoms with E-state index < -0.39 is 0 Å². The van der Waals surface area contributed by atoms with Gasteiger partial charge in [0.05, 0.1) is 0 Å². The van der Waals surface area contributed by atoms with E-state index in [0.29, 0.717) is 0 Å². The minimum Gasteiger partial charge on any atom is -0.363 e. The predicted molar refractivity (Wildman–Crippen MR) is 106 cm³/mol. The monoisotopic (exact) mass is 352 g/mol. The lowest BCUT2D eigenvalue weighted by atomic mass is 10.00. The first kappa shape index (κ1) is 18.1. The van der Waals surface area contributed by atoms with Crippen molar-refractivity contribution in [3.8, 4) is 22.3 Å². The zero-order chi connectivity index (χ0) is 18.7. The van der Waals surface area contributed by atoms with E-state index in [9.17, 15) is 4.39 Å². The summed E-state index contributed by atoms with van der Waals surface area (Å²) < 4.78 is 15.6. The van der Waals surface area contributed by atoms with Crippen LogP contribution in [-0.4, -0.2) is 49.2 Å². The Morgan fingerprint density at radius 3 is 2.19 bits per heavy atom. The van der Waals surface area contributed by atoms with E-state index >= 15 is 0 Å². The topological polar surface area (TPSA) is 24.3 Å². The molecule has 0 radical (unpaired) electrons. The molecule has 3 rings (SSSR count). The van der Waals surface area contributed by atoms with Crippen molar-refractivity contribution in [3.63, 3.8) is 0 Å². The summed E-state index contributed by atoms with van der Waals surface area (Å²) in [5, 5.41) is 0. The SMILES string of the molecule is CN(C)CCn1cc(-c2ccc(F)cc2)c(-c2ccnc(N(C)C)c2)c1. The Bertz CT molecular complexity index is 866. The second-order valence-electron chi connectivity index (χ2n) is 6.93. The van der Waals surface area contributed by atoms with Crippen molar-refractivity contribution in [2.24, 2.45) is 0 Å². The van der Waals surface area contributed by atoms with Crippen molar-refractivity contribution in [2.45, 2.75) is 6.54 Å². The van der Waals surface area contributed by atoms with Crippen LogP contribution < -0.4 is 4.90 Å². The Labute approximate surface area is 154 Å². The number of halogens is 1. The number of aromatic nitrogens is 2. The number of rotatable bonds is 6. The zero-order valence-corrected chi connectivity index (χ0v) is 15.8. The van der Waals surface area contributed by atoms with Gasteiger partial charge >= 0.3 is 0 Å². The average molecular weight is 352 g/mol. The third-order valence-electron chi connectivity index (χ3n) is 4.36. The fraction of sp³-hybridized carbons (Fsp3) is 0.286. The highest BCUT2D eigenvalue weighted by atomic mass is 19.1. The van der Waals surface area contributed by atoms with Crippen molar-refractivity contribution in [3.05, 3.63) is 60.8 Å². The lowest BCUT2D eigenvalue weighted by Gasteiger charge is -2.12. The molecule has 0 fully saturated rings. The van der Waals surface area contributed by atoms with Crippen LogP contribution >= 0.6 is 0 Å². The first-order valence-corrected chi connectivity index (χ1v) is 8.68. The van der Waals surface area contributed by atoms with Gasteiger partial charge in [0, 0.05) is 56.9 Å². The molecule has 0 aliphatic heterocycles. The molecule has 5 heteroatoms. The van der Waals surface area contributed by atoms with Gasteiger partial charge in [-0.3, -0.25) is 0 Å². The number of anilines is 1. The Kier molecular flexibility index (Phi) is 5.38. The summed E-state index contributed by atoms with van der Waals surface area (Å²) in [6.45, 7) is 1.85. The standard InChI is InChI=1S/C21H25FN4/c1-24(2)11-12-26-14-19(16-5-7-18(22)8-6-16)20(15-26)17-9-10-23-21(13-17)25(3)4/h5-10,13-15H,11-12H2,1-4H3. The summed E-state index contributed by atoms with van der Waals surface area (Å²) in [5.41, 5.74) is 4.33. The lowest BCUT2D eigenvalue weighted by molar-refractivity contribution is 0.384. The first-order valence-electron chi connectivity index (χ1n) is 8.68. The number of nitrogens with zero attached hydrogens (tertiary/aromatic N) is 4. The van der Waals surface area contributed by atoms with Crippen molar-refractivity contribution in [1.82, 2.24) is 14.5 Å². The van der Waals surface area contributed by atoms with Crippen LogP contribution in [0.15, 0.2) is 55.0 Å². The van der Waals surface area contributed by atoms with Crippen LogP contribution in [0.2, 0.25) is 0 Å². The Hall–Kier alpha value is -2.66. The molecule has 136 valence electrons. The van der Waals surface area contributed by atoms with E-state index in [4.69, 9.17) is 0 Å². The quantitative estimate of drug-likeness (QED) is 0.671. The molecule has 26 heavy (non-hydrogen) atoms. The summed E-state index contributed by atoms with van der Waals surface area (Å²) in [5.74, 6) is 0.690. The molecular formula is C21H25FN4. The molecule has 3 aromatic rings. The predicted octanol–water partition coefficient (Wildman–Crippen LogP) is 3.98.